The topological polar surface area (TPSA) is 102 Å². The van der Waals surface area contributed by atoms with E-state index in [1.54, 1.807) is 13.8 Å². The summed E-state index contributed by atoms with van der Waals surface area (Å²) in [5.41, 5.74) is -3.40. The third kappa shape index (κ3) is 5.88. The Morgan fingerprint density at radius 2 is 1.74 bits per heavy atom. The quantitative estimate of drug-likeness (QED) is 0.342. The third-order valence-corrected chi connectivity index (χ3v) is 5.50. The summed E-state index contributed by atoms with van der Waals surface area (Å²) in [6.45, 7) is 3.70. The SMILES string of the molecule is CCOc1cc(-c2cc(F)c(NC(=O)Nc3ccc(OC4(C)COC4)c(C(F)(F)F)c3)c(F)c2)c[nH]c1=O. The first-order chi connectivity index (χ1) is 17.9. The zero-order valence-electron chi connectivity index (χ0n) is 20.1. The molecule has 1 saturated heterocycles. The molecule has 4 rings (SSSR count). The highest BCUT2D eigenvalue weighted by atomic mass is 19.4. The van der Waals surface area contributed by atoms with E-state index in [4.69, 9.17) is 14.2 Å². The smallest absolute Gasteiger partial charge is 0.420 e. The van der Waals surface area contributed by atoms with Crippen LogP contribution in [0.15, 0.2) is 47.4 Å². The van der Waals surface area contributed by atoms with Crippen molar-refractivity contribution in [1.82, 2.24) is 4.98 Å². The maximum atomic E-state index is 14.7. The van der Waals surface area contributed by atoms with Crippen LogP contribution in [0.25, 0.3) is 11.1 Å². The van der Waals surface area contributed by atoms with Crippen molar-refractivity contribution in [2.75, 3.05) is 30.5 Å². The molecule has 2 aromatic carbocycles. The molecule has 0 aliphatic carbocycles. The van der Waals surface area contributed by atoms with Gasteiger partial charge in [-0.2, -0.15) is 13.2 Å². The number of hydrogen-bond acceptors (Lipinski definition) is 5. The minimum absolute atomic E-state index is 0.0409. The molecule has 0 radical (unpaired) electrons. The predicted octanol–water partition coefficient (Wildman–Crippen LogP) is 5.55. The number of anilines is 2. The van der Waals surface area contributed by atoms with Crippen LogP contribution in [0.2, 0.25) is 0 Å². The molecule has 2 heterocycles. The lowest BCUT2D eigenvalue weighted by Crippen LogP contribution is -2.51. The lowest BCUT2D eigenvalue weighted by molar-refractivity contribution is -0.160. The largest absolute Gasteiger partial charge is 0.488 e. The number of urea groups is 1. The number of aromatic amines is 1. The normalized spacial score (nSPS) is 14.4. The van der Waals surface area contributed by atoms with Crippen LogP contribution in [-0.4, -0.2) is 36.4 Å². The van der Waals surface area contributed by atoms with Gasteiger partial charge in [0, 0.05) is 17.4 Å². The van der Waals surface area contributed by atoms with E-state index >= 15 is 0 Å². The second kappa shape index (κ2) is 10.3. The monoisotopic (exact) mass is 539 g/mol. The maximum Gasteiger partial charge on any atom is 0.420 e. The number of aromatic nitrogens is 1. The van der Waals surface area contributed by atoms with Crippen LogP contribution in [-0.2, 0) is 10.9 Å². The summed E-state index contributed by atoms with van der Waals surface area (Å²) >= 11 is 0. The van der Waals surface area contributed by atoms with Gasteiger partial charge in [0.1, 0.15) is 23.1 Å². The van der Waals surface area contributed by atoms with E-state index < -0.39 is 52.0 Å². The molecule has 1 aliphatic rings. The molecule has 0 bridgehead atoms. The molecular weight excluding hydrogens is 517 g/mol. The molecule has 1 fully saturated rings. The molecule has 3 N–H and O–H groups in total. The Morgan fingerprint density at radius 1 is 1.05 bits per heavy atom. The molecule has 8 nitrogen and oxygen atoms in total. The molecule has 202 valence electrons. The van der Waals surface area contributed by atoms with Gasteiger partial charge in [0.2, 0.25) is 0 Å². The Balaban J connectivity index is 1.52. The van der Waals surface area contributed by atoms with Crippen molar-refractivity contribution in [2.24, 2.45) is 0 Å². The van der Waals surface area contributed by atoms with Crippen molar-refractivity contribution in [3.63, 3.8) is 0 Å². The summed E-state index contributed by atoms with van der Waals surface area (Å²) < 4.78 is 85.9. The average molecular weight is 539 g/mol. The van der Waals surface area contributed by atoms with Gasteiger partial charge in [-0.25, -0.2) is 13.6 Å². The second-order valence-electron chi connectivity index (χ2n) is 8.66. The highest BCUT2D eigenvalue weighted by molar-refractivity contribution is 6.00. The summed E-state index contributed by atoms with van der Waals surface area (Å²) in [7, 11) is 0. The molecule has 13 heteroatoms. The van der Waals surface area contributed by atoms with E-state index in [1.807, 2.05) is 5.32 Å². The molecule has 3 aromatic rings. The molecule has 2 amide bonds. The number of halogens is 5. The number of H-pyrrole nitrogens is 1. The number of benzene rings is 2. The molecule has 0 unspecified atom stereocenters. The van der Waals surface area contributed by atoms with E-state index in [-0.39, 0.29) is 42.4 Å². The van der Waals surface area contributed by atoms with Gasteiger partial charge >= 0.3 is 12.2 Å². The van der Waals surface area contributed by atoms with Crippen LogP contribution in [0.5, 0.6) is 11.5 Å². The Morgan fingerprint density at radius 3 is 2.32 bits per heavy atom. The van der Waals surface area contributed by atoms with E-state index in [0.717, 1.165) is 24.3 Å². The van der Waals surface area contributed by atoms with Crippen molar-refractivity contribution < 1.29 is 41.0 Å². The fraction of sp³-hybridized carbons (Fsp3) is 0.280. The standard InChI is InChI=1S/C25H22F5N3O5/c1-3-37-20-8-14(10-31-22(20)34)13-6-17(26)21(18(27)7-13)33-23(35)32-15-4-5-19(16(9-15)25(28,29)30)38-24(2)11-36-12-24/h4-10H,3,11-12H2,1-2H3,(H,31,34)(H2,32,33,35). The first-order valence-electron chi connectivity index (χ1n) is 11.3. The number of nitrogens with one attached hydrogen (secondary N) is 3. The van der Waals surface area contributed by atoms with E-state index in [1.165, 1.54) is 12.3 Å². The first-order valence-corrected chi connectivity index (χ1v) is 11.3. The Labute approximate surface area is 212 Å². The number of hydrogen-bond donors (Lipinski definition) is 3. The lowest BCUT2D eigenvalue weighted by atomic mass is 10.0. The molecule has 38 heavy (non-hydrogen) atoms. The van der Waals surface area contributed by atoms with Crippen LogP contribution >= 0.6 is 0 Å². The van der Waals surface area contributed by atoms with Crippen LogP contribution in [0, 0.1) is 11.6 Å². The van der Waals surface area contributed by atoms with E-state index in [0.29, 0.717) is 6.07 Å². The number of pyridine rings is 1. The van der Waals surface area contributed by atoms with Crippen LogP contribution in [0.3, 0.4) is 0 Å². The fourth-order valence-electron chi connectivity index (χ4n) is 3.66. The van der Waals surface area contributed by atoms with Crippen LogP contribution < -0.4 is 25.7 Å². The van der Waals surface area contributed by atoms with Crippen LogP contribution in [0.1, 0.15) is 19.4 Å². The predicted molar refractivity (Wildman–Crippen MR) is 128 cm³/mol. The summed E-state index contributed by atoms with van der Waals surface area (Å²) in [6, 6.07) is 4.81. The van der Waals surface area contributed by atoms with Gasteiger partial charge in [0.05, 0.1) is 25.4 Å². The Hall–Kier alpha value is -4.13. The number of rotatable bonds is 7. The van der Waals surface area contributed by atoms with Crippen molar-refractivity contribution in [3.8, 4) is 22.6 Å². The van der Waals surface area contributed by atoms with E-state index in [9.17, 15) is 31.5 Å². The molecular formula is C25H22F5N3O5. The van der Waals surface area contributed by atoms with Gasteiger partial charge in [-0.15, -0.1) is 0 Å². The zero-order valence-corrected chi connectivity index (χ0v) is 20.1. The minimum atomic E-state index is -4.80. The highest BCUT2D eigenvalue weighted by Crippen LogP contribution is 2.40. The van der Waals surface area contributed by atoms with Gasteiger partial charge in [0.25, 0.3) is 5.56 Å². The van der Waals surface area contributed by atoms with Gasteiger partial charge in [0.15, 0.2) is 11.4 Å². The van der Waals surface area contributed by atoms with Gasteiger partial charge < -0.3 is 29.8 Å². The average Bonchev–Trinajstić information content (AvgIpc) is 2.82. The zero-order chi connectivity index (χ0) is 27.7. The van der Waals surface area contributed by atoms with Crippen molar-refractivity contribution in [1.29, 1.82) is 0 Å². The lowest BCUT2D eigenvalue weighted by Gasteiger charge is -2.38. The number of carbonyl (C=O) groups excluding carboxylic acids is 1. The fourth-order valence-corrected chi connectivity index (χ4v) is 3.66. The van der Waals surface area contributed by atoms with Gasteiger partial charge in [-0.1, -0.05) is 0 Å². The van der Waals surface area contributed by atoms with Crippen molar-refractivity contribution in [2.45, 2.75) is 25.6 Å². The Kier molecular flexibility index (Phi) is 7.31. The molecule has 0 atom stereocenters. The Bertz CT molecular complexity index is 1400. The summed E-state index contributed by atoms with van der Waals surface area (Å²) in [5, 5.41) is 4.09. The number of carbonyl (C=O) groups is 1. The summed E-state index contributed by atoms with van der Waals surface area (Å²) in [5.74, 6) is -2.81. The van der Waals surface area contributed by atoms with Gasteiger partial charge in [-0.3, -0.25) is 4.79 Å². The maximum absolute atomic E-state index is 14.7. The van der Waals surface area contributed by atoms with Crippen molar-refractivity contribution >= 4 is 17.4 Å². The number of alkyl halides is 3. The molecule has 1 aromatic heterocycles. The molecule has 1 aliphatic heterocycles. The van der Waals surface area contributed by atoms with Gasteiger partial charge in [-0.05, 0) is 55.8 Å². The molecule has 0 spiro atoms. The minimum Gasteiger partial charge on any atom is -0.488 e. The van der Waals surface area contributed by atoms with Crippen molar-refractivity contribution in [3.05, 3.63) is 70.1 Å². The number of amides is 2. The first kappa shape index (κ1) is 26.9. The second-order valence-corrected chi connectivity index (χ2v) is 8.66. The molecule has 0 saturated carbocycles. The number of ether oxygens (including phenoxy) is 3. The third-order valence-electron chi connectivity index (χ3n) is 5.50. The highest BCUT2D eigenvalue weighted by Gasteiger charge is 2.40. The summed E-state index contributed by atoms with van der Waals surface area (Å²) in [6.07, 6.45) is -3.56. The van der Waals surface area contributed by atoms with E-state index in [2.05, 4.69) is 10.3 Å². The van der Waals surface area contributed by atoms with Crippen LogP contribution in [0.4, 0.5) is 38.1 Å². The summed E-state index contributed by atoms with van der Waals surface area (Å²) in [4.78, 5) is 26.6.